The fourth-order valence-electron chi connectivity index (χ4n) is 3.87. The molecule has 0 unspecified atom stereocenters. The average Bonchev–Trinajstić information content (AvgIpc) is 2.86. The summed E-state index contributed by atoms with van der Waals surface area (Å²) in [5, 5.41) is 2.92. The average molecular weight is 481 g/mol. The van der Waals surface area contributed by atoms with Crippen LogP contribution in [0, 0.1) is 6.92 Å². The molecule has 0 saturated carbocycles. The van der Waals surface area contributed by atoms with E-state index in [0.29, 0.717) is 23.7 Å². The molecule has 0 spiro atoms. The van der Waals surface area contributed by atoms with Gasteiger partial charge in [-0.1, -0.05) is 43.3 Å². The Hall–Kier alpha value is -3.52. The lowest BCUT2D eigenvalue weighted by Crippen LogP contribution is -2.51. The van der Waals surface area contributed by atoms with Crippen molar-refractivity contribution in [2.24, 2.45) is 0 Å². The zero-order valence-electron chi connectivity index (χ0n) is 19.4. The van der Waals surface area contributed by atoms with E-state index >= 15 is 0 Å². The van der Waals surface area contributed by atoms with Gasteiger partial charge in [-0.3, -0.25) is 9.10 Å². The number of anilines is 1. The first kappa shape index (κ1) is 23.6. The molecule has 1 aliphatic heterocycles. The Morgan fingerprint density at radius 2 is 1.82 bits per heavy atom. The van der Waals surface area contributed by atoms with Crippen molar-refractivity contribution in [1.82, 2.24) is 5.32 Å². The fraction of sp³-hybridized carbons (Fsp3) is 0.269. The molecule has 0 fully saturated rings. The molecule has 4 rings (SSSR count). The number of benzene rings is 3. The molecule has 0 radical (unpaired) electrons. The smallest absolute Gasteiger partial charge is 0.264 e. The normalized spacial score (nSPS) is 16.2. The highest BCUT2D eigenvalue weighted by Crippen LogP contribution is 2.38. The fourth-order valence-corrected chi connectivity index (χ4v) is 5.34. The van der Waals surface area contributed by atoms with Crippen LogP contribution in [0.1, 0.15) is 24.0 Å². The number of carbonyl (C=O) groups excluding carboxylic acids is 1. The first-order chi connectivity index (χ1) is 16.3. The molecular formula is C26H28N2O5S. The van der Waals surface area contributed by atoms with Gasteiger partial charge in [0.25, 0.3) is 15.9 Å². The van der Waals surface area contributed by atoms with Crippen molar-refractivity contribution in [3.05, 3.63) is 83.9 Å². The monoisotopic (exact) mass is 480 g/mol. The Labute approximate surface area is 200 Å². The van der Waals surface area contributed by atoms with Crippen molar-refractivity contribution >= 4 is 21.6 Å². The number of rotatable bonds is 7. The number of aryl methyl sites for hydroxylation is 1. The van der Waals surface area contributed by atoms with E-state index in [1.165, 1.54) is 23.5 Å². The Balaban J connectivity index is 1.58. The van der Waals surface area contributed by atoms with E-state index in [1.54, 1.807) is 24.3 Å². The second kappa shape index (κ2) is 9.77. The number of amides is 1. The molecule has 3 aromatic carbocycles. The second-order valence-electron chi connectivity index (χ2n) is 8.35. The van der Waals surface area contributed by atoms with E-state index in [2.05, 4.69) is 5.32 Å². The molecular weight excluding hydrogens is 452 g/mol. The lowest BCUT2D eigenvalue weighted by Gasteiger charge is -2.35. The lowest BCUT2D eigenvalue weighted by molar-refractivity contribution is -0.127. The molecule has 1 aliphatic rings. The largest absolute Gasteiger partial charge is 0.497 e. The van der Waals surface area contributed by atoms with Crippen LogP contribution >= 0.6 is 0 Å². The van der Waals surface area contributed by atoms with Gasteiger partial charge in [-0.05, 0) is 60.4 Å². The van der Waals surface area contributed by atoms with Gasteiger partial charge in [-0.15, -0.1) is 0 Å². The molecule has 0 aliphatic carbocycles. The summed E-state index contributed by atoms with van der Waals surface area (Å²) in [4.78, 5) is 13.1. The van der Waals surface area contributed by atoms with Gasteiger partial charge in [0.05, 0.1) is 24.2 Å². The van der Waals surface area contributed by atoms with Crippen LogP contribution in [0.15, 0.2) is 77.7 Å². The lowest BCUT2D eigenvalue weighted by atomic mass is 10.0. The van der Waals surface area contributed by atoms with Crippen molar-refractivity contribution in [2.45, 2.75) is 30.8 Å². The van der Waals surface area contributed by atoms with Crippen molar-refractivity contribution in [3.8, 4) is 11.5 Å². The Bertz CT molecular complexity index is 1260. The van der Waals surface area contributed by atoms with Gasteiger partial charge in [0.1, 0.15) is 11.5 Å². The minimum absolute atomic E-state index is 0.0998. The van der Waals surface area contributed by atoms with E-state index in [9.17, 15) is 13.2 Å². The number of hydrogen-bond donors (Lipinski definition) is 1. The third-order valence-electron chi connectivity index (χ3n) is 5.87. The number of carbonyl (C=O) groups is 1. The highest BCUT2D eigenvalue weighted by atomic mass is 32.2. The van der Waals surface area contributed by atoms with Gasteiger partial charge in [0, 0.05) is 6.54 Å². The molecule has 3 aromatic rings. The van der Waals surface area contributed by atoms with Gasteiger partial charge in [0.15, 0.2) is 6.10 Å². The van der Waals surface area contributed by atoms with E-state index in [-0.39, 0.29) is 23.3 Å². The zero-order valence-corrected chi connectivity index (χ0v) is 20.2. The molecule has 0 bridgehead atoms. The standard InChI is InChI=1S/C26H28N2O5S/c1-18-9-14-24-23(15-18)28(34(30,31)22-12-10-21(32-3)11-13-22)17-25(33-24)26(29)27-16-19(2)20-7-5-4-6-8-20/h4-15,19,25H,16-17H2,1-3H3,(H,27,29)/t19-,25+/m0/s1. The Morgan fingerprint density at radius 1 is 1.12 bits per heavy atom. The Kier molecular flexibility index (Phi) is 6.79. The molecule has 7 nitrogen and oxygen atoms in total. The molecule has 1 heterocycles. The number of ether oxygens (including phenoxy) is 2. The summed E-state index contributed by atoms with van der Waals surface area (Å²) in [6.45, 7) is 4.18. The minimum atomic E-state index is -3.94. The van der Waals surface area contributed by atoms with Crippen LogP contribution in [0.3, 0.4) is 0 Å². The molecule has 0 aromatic heterocycles. The summed E-state index contributed by atoms with van der Waals surface area (Å²) >= 11 is 0. The summed E-state index contributed by atoms with van der Waals surface area (Å²) in [5.74, 6) is 0.652. The molecule has 2 atom stereocenters. The predicted octanol–water partition coefficient (Wildman–Crippen LogP) is 3.88. The third kappa shape index (κ3) is 4.87. The van der Waals surface area contributed by atoms with Gasteiger partial charge in [0.2, 0.25) is 0 Å². The van der Waals surface area contributed by atoms with Gasteiger partial charge < -0.3 is 14.8 Å². The molecule has 1 N–H and O–H groups in total. The molecule has 8 heteroatoms. The maximum Gasteiger partial charge on any atom is 0.264 e. The van der Waals surface area contributed by atoms with Crippen LogP contribution in [-0.4, -0.2) is 40.6 Å². The topological polar surface area (TPSA) is 84.9 Å². The van der Waals surface area contributed by atoms with E-state index < -0.39 is 16.1 Å². The van der Waals surface area contributed by atoms with Crippen molar-refractivity contribution in [2.75, 3.05) is 24.5 Å². The minimum Gasteiger partial charge on any atom is -0.497 e. The molecule has 0 saturated heterocycles. The quantitative estimate of drug-likeness (QED) is 0.555. The van der Waals surface area contributed by atoms with Crippen LogP contribution < -0.4 is 19.1 Å². The number of hydrogen-bond acceptors (Lipinski definition) is 5. The number of sulfonamides is 1. The summed E-state index contributed by atoms with van der Waals surface area (Å²) in [5.41, 5.74) is 2.41. The molecule has 178 valence electrons. The van der Waals surface area contributed by atoms with Crippen LogP contribution in [0.5, 0.6) is 11.5 Å². The van der Waals surface area contributed by atoms with Crippen molar-refractivity contribution in [3.63, 3.8) is 0 Å². The highest BCUT2D eigenvalue weighted by molar-refractivity contribution is 7.92. The first-order valence-corrected chi connectivity index (χ1v) is 12.5. The SMILES string of the molecule is COc1ccc(S(=O)(=O)N2C[C@H](C(=O)NC[C@H](C)c3ccccc3)Oc3ccc(C)cc32)cc1. The number of methoxy groups -OCH3 is 1. The van der Waals surface area contributed by atoms with Gasteiger partial charge in [-0.2, -0.15) is 0 Å². The van der Waals surface area contributed by atoms with Crippen LogP contribution in [0.25, 0.3) is 0 Å². The summed E-state index contributed by atoms with van der Waals surface area (Å²) < 4.78 is 39.5. The third-order valence-corrected chi connectivity index (χ3v) is 7.67. The van der Waals surface area contributed by atoms with Crippen molar-refractivity contribution in [1.29, 1.82) is 0 Å². The molecule has 1 amide bonds. The number of fused-ring (bicyclic) bond motifs is 1. The van der Waals surface area contributed by atoms with Crippen molar-refractivity contribution < 1.29 is 22.7 Å². The number of nitrogens with zero attached hydrogens (tertiary/aromatic N) is 1. The highest BCUT2D eigenvalue weighted by Gasteiger charge is 2.37. The second-order valence-corrected chi connectivity index (χ2v) is 10.2. The van der Waals surface area contributed by atoms with E-state index in [4.69, 9.17) is 9.47 Å². The first-order valence-electron chi connectivity index (χ1n) is 11.1. The van der Waals surface area contributed by atoms with Gasteiger partial charge in [-0.25, -0.2) is 8.42 Å². The predicted molar refractivity (Wildman–Crippen MR) is 131 cm³/mol. The maximum atomic E-state index is 13.6. The number of nitrogens with one attached hydrogen (secondary N) is 1. The van der Waals surface area contributed by atoms with Crippen LogP contribution in [-0.2, 0) is 14.8 Å². The maximum absolute atomic E-state index is 13.6. The Morgan fingerprint density at radius 3 is 2.50 bits per heavy atom. The van der Waals surface area contributed by atoms with Gasteiger partial charge >= 0.3 is 0 Å². The summed E-state index contributed by atoms with van der Waals surface area (Å²) in [6, 6.07) is 21.3. The zero-order chi connectivity index (χ0) is 24.3. The molecule has 34 heavy (non-hydrogen) atoms. The summed E-state index contributed by atoms with van der Waals surface area (Å²) in [6.07, 6.45) is -0.980. The summed E-state index contributed by atoms with van der Waals surface area (Å²) in [7, 11) is -2.42. The van der Waals surface area contributed by atoms with E-state index in [0.717, 1.165) is 11.1 Å². The van der Waals surface area contributed by atoms with Crippen LogP contribution in [0.4, 0.5) is 5.69 Å². The van der Waals surface area contributed by atoms with Crippen LogP contribution in [0.2, 0.25) is 0 Å². The van der Waals surface area contributed by atoms with E-state index in [1.807, 2.05) is 50.2 Å².